The van der Waals surface area contributed by atoms with E-state index in [1.807, 2.05) is 13.0 Å². The lowest BCUT2D eigenvalue weighted by molar-refractivity contribution is -0.204. The maximum atomic E-state index is 12.7. The SMILES string of the molecule is CC(=O)OC[C@]1(CCc2ccoc2)[C@H](C)[C@H](OC(C)=O)C[C@@]2(C)[C@@H](C)C(=O)CC[C@@H]21. The predicted octanol–water partition coefficient (Wildman–Crippen LogP) is 4.35. The molecule has 0 aromatic carbocycles. The summed E-state index contributed by atoms with van der Waals surface area (Å²) in [6.45, 7) is 9.38. The number of ether oxygens (including phenoxy) is 2. The molecule has 0 saturated heterocycles. The molecule has 3 rings (SSSR count). The Morgan fingerprint density at radius 3 is 2.57 bits per heavy atom. The number of aryl methyl sites for hydroxylation is 1. The van der Waals surface area contributed by atoms with Crippen molar-refractivity contribution in [3.05, 3.63) is 24.2 Å². The summed E-state index contributed by atoms with van der Waals surface area (Å²) in [6.07, 6.45) is 6.57. The zero-order chi connectivity index (χ0) is 22.1. The maximum absolute atomic E-state index is 12.7. The zero-order valence-electron chi connectivity index (χ0n) is 18.7. The summed E-state index contributed by atoms with van der Waals surface area (Å²) >= 11 is 0. The number of Topliss-reactive ketones (excluding diaryl/α,β-unsaturated/α-hetero) is 1. The van der Waals surface area contributed by atoms with Gasteiger partial charge >= 0.3 is 11.9 Å². The van der Waals surface area contributed by atoms with Gasteiger partial charge in [0, 0.05) is 37.5 Å². The van der Waals surface area contributed by atoms with Crippen LogP contribution in [0.5, 0.6) is 0 Å². The predicted molar refractivity (Wildman–Crippen MR) is 110 cm³/mol. The number of furan rings is 1. The zero-order valence-corrected chi connectivity index (χ0v) is 18.7. The van der Waals surface area contributed by atoms with E-state index in [2.05, 4.69) is 13.8 Å². The van der Waals surface area contributed by atoms with Gasteiger partial charge in [0.2, 0.25) is 0 Å². The molecule has 0 N–H and O–H groups in total. The lowest BCUT2D eigenvalue weighted by atomic mass is 9.43. The molecule has 2 aliphatic rings. The summed E-state index contributed by atoms with van der Waals surface area (Å²) in [5.74, 6) is -0.327. The topological polar surface area (TPSA) is 82.8 Å². The number of ketones is 1. The lowest BCUT2D eigenvalue weighted by Crippen LogP contribution is -2.62. The van der Waals surface area contributed by atoms with Gasteiger partial charge in [0.05, 0.1) is 19.1 Å². The molecule has 6 atom stereocenters. The third-order valence-electron chi connectivity index (χ3n) is 8.07. The quantitative estimate of drug-likeness (QED) is 0.639. The molecule has 2 saturated carbocycles. The van der Waals surface area contributed by atoms with E-state index in [0.717, 1.165) is 24.8 Å². The Morgan fingerprint density at radius 2 is 1.97 bits per heavy atom. The second kappa shape index (κ2) is 8.56. The van der Waals surface area contributed by atoms with Crippen molar-refractivity contribution in [3.63, 3.8) is 0 Å². The second-order valence-corrected chi connectivity index (χ2v) is 9.57. The Hall–Kier alpha value is -2.11. The van der Waals surface area contributed by atoms with Crippen molar-refractivity contribution in [2.75, 3.05) is 6.61 Å². The average Bonchev–Trinajstić information content (AvgIpc) is 3.19. The van der Waals surface area contributed by atoms with Crippen LogP contribution in [0.3, 0.4) is 0 Å². The van der Waals surface area contributed by atoms with Gasteiger partial charge in [0.15, 0.2) is 0 Å². The van der Waals surface area contributed by atoms with Crippen molar-refractivity contribution in [2.24, 2.45) is 28.6 Å². The van der Waals surface area contributed by atoms with Crippen molar-refractivity contribution < 1.29 is 28.3 Å². The van der Waals surface area contributed by atoms with Gasteiger partial charge < -0.3 is 13.9 Å². The fourth-order valence-electron chi connectivity index (χ4n) is 6.17. The Labute approximate surface area is 178 Å². The molecule has 1 aromatic heterocycles. The molecule has 166 valence electrons. The second-order valence-electron chi connectivity index (χ2n) is 9.57. The van der Waals surface area contributed by atoms with E-state index in [4.69, 9.17) is 13.9 Å². The highest BCUT2D eigenvalue weighted by molar-refractivity contribution is 5.82. The number of carbonyl (C=O) groups is 3. The normalized spacial score (nSPS) is 36.1. The van der Waals surface area contributed by atoms with Gasteiger partial charge in [-0.2, -0.15) is 0 Å². The Balaban J connectivity index is 2.05. The van der Waals surface area contributed by atoms with Gasteiger partial charge in [-0.05, 0) is 48.6 Å². The third-order valence-corrected chi connectivity index (χ3v) is 8.07. The van der Waals surface area contributed by atoms with Gasteiger partial charge in [-0.3, -0.25) is 14.4 Å². The molecule has 2 aliphatic carbocycles. The van der Waals surface area contributed by atoms with Gasteiger partial charge in [0.25, 0.3) is 0 Å². The van der Waals surface area contributed by atoms with E-state index in [1.54, 1.807) is 12.5 Å². The molecule has 0 spiro atoms. The van der Waals surface area contributed by atoms with Gasteiger partial charge in [-0.1, -0.05) is 20.8 Å². The van der Waals surface area contributed by atoms with E-state index in [0.29, 0.717) is 12.8 Å². The van der Waals surface area contributed by atoms with E-state index in [-0.39, 0.29) is 53.6 Å². The molecule has 6 heteroatoms. The smallest absolute Gasteiger partial charge is 0.302 e. The van der Waals surface area contributed by atoms with Gasteiger partial charge in [0.1, 0.15) is 11.9 Å². The van der Waals surface area contributed by atoms with Crippen LogP contribution in [-0.4, -0.2) is 30.4 Å². The summed E-state index contributed by atoms with van der Waals surface area (Å²) in [6, 6.07) is 1.95. The summed E-state index contributed by atoms with van der Waals surface area (Å²) in [4.78, 5) is 36.4. The van der Waals surface area contributed by atoms with Crippen LogP contribution in [-0.2, 0) is 30.3 Å². The first kappa shape index (κ1) is 22.6. The molecular formula is C24H34O6. The highest BCUT2D eigenvalue weighted by atomic mass is 16.5. The summed E-state index contributed by atoms with van der Waals surface area (Å²) in [5.41, 5.74) is 0.365. The molecule has 30 heavy (non-hydrogen) atoms. The van der Waals surface area contributed by atoms with Gasteiger partial charge in [-0.15, -0.1) is 0 Å². The van der Waals surface area contributed by atoms with Crippen molar-refractivity contribution >= 4 is 17.7 Å². The number of hydrogen-bond acceptors (Lipinski definition) is 6. The van der Waals surface area contributed by atoms with Crippen LogP contribution in [0.4, 0.5) is 0 Å². The average molecular weight is 419 g/mol. The summed E-state index contributed by atoms with van der Waals surface area (Å²) in [5, 5.41) is 0. The van der Waals surface area contributed by atoms with E-state index in [9.17, 15) is 14.4 Å². The van der Waals surface area contributed by atoms with Crippen LogP contribution in [0, 0.1) is 28.6 Å². The number of fused-ring (bicyclic) bond motifs is 1. The number of esters is 2. The minimum atomic E-state index is -0.398. The lowest BCUT2D eigenvalue weighted by Gasteiger charge is -2.62. The molecule has 0 amide bonds. The van der Waals surface area contributed by atoms with Gasteiger partial charge in [-0.25, -0.2) is 0 Å². The van der Waals surface area contributed by atoms with Crippen LogP contribution >= 0.6 is 0 Å². The van der Waals surface area contributed by atoms with Crippen molar-refractivity contribution in [1.82, 2.24) is 0 Å². The monoisotopic (exact) mass is 418 g/mol. The molecule has 2 fully saturated rings. The number of hydrogen-bond donors (Lipinski definition) is 0. The Morgan fingerprint density at radius 1 is 1.23 bits per heavy atom. The molecule has 1 heterocycles. The van der Waals surface area contributed by atoms with E-state index in [1.165, 1.54) is 13.8 Å². The molecule has 0 bridgehead atoms. The van der Waals surface area contributed by atoms with Crippen LogP contribution in [0.25, 0.3) is 0 Å². The van der Waals surface area contributed by atoms with Crippen LogP contribution in [0.1, 0.15) is 65.9 Å². The maximum Gasteiger partial charge on any atom is 0.302 e. The van der Waals surface area contributed by atoms with Crippen LogP contribution in [0.15, 0.2) is 23.0 Å². The third kappa shape index (κ3) is 4.06. The first-order chi connectivity index (χ1) is 14.1. The largest absolute Gasteiger partial charge is 0.472 e. The number of rotatable bonds is 6. The minimum absolute atomic E-state index is 0.00821. The molecule has 6 nitrogen and oxygen atoms in total. The minimum Gasteiger partial charge on any atom is -0.472 e. The van der Waals surface area contributed by atoms with E-state index < -0.39 is 5.41 Å². The van der Waals surface area contributed by atoms with Crippen LogP contribution in [0.2, 0.25) is 0 Å². The van der Waals surface area contributed by atoms with Crippen molar-refractivity contribution in [1.29, 1.82) is 0 Å². The molecule has 1 aromatic rings. The fraction of sp³-hybridized carbons (Fsp3) is 0.708. The molecule has 0 radical (unpaired) electrons. The first-order valence-corrected chi connectivity index (χ1v) is 10.9. The molecule has 0 unspecified atom stereocenters. The first-order valence-electron chi connectivity index (χ1n) is 10.9. The molecule has 0 aliphatic heterocycles. The Kier molecular flexibility index (Phi) is 6.44. The van der Waals surface area contributed by atoms with E-state index >= 15 is 0 Å². The highest BCUT2D eigenvalue weighted by Gasteiger charge is 2.62. The fourth-order valence-corrected chi connectivity index (χ4v) is 6.17. The summed E-state index contributed by atoms with van der Waals surface area (Å²) in [7, 11) is 0. The van der Waals surface area contributed by atoms with Crippen molar-refractivity contribution in [3.8, 4) is 0 Å². The highest BCUT2D eigenvalue weighted by Crippen LogP contribution is 2.63. The summed E-state index contributed by atoms with van der Waals surface area (Å²) < 4.78 is 16.7. The Bertz CT molecular complexity index is 784. The van der Waals surface area contributed by atoms with Crippen molar-refractivity contribution in [2.45, 2.75) is 72.8 Å². The standard InChI is InChI=1S/C24H34O6/c1-15-20(27)6-7-22-23(15,5)12-21(30-18(4)26)16(2)24(22,14-29-17(3)25)10-8-19-9-11-28-13-19/h9,11,13,15-16,21-22H,6-8,10,12,14H2,1-5H3/t15-,16+,21+,22-,23-,24+/m0/s1. The van der Waals surface area contributed by atoms with Crippen LogP contribution < -0.4 is 0 Å². The molecular weight excluding hydrogens is 384 g/mol. The number of carbonyl (C=O) groups excluding carboxylic acids is 3.